The van der Waals surface area contributed by atoms with Crippen molar-refractivity contribution in [3.8, 4) is 5.69 Å². The molecule has 0 saturated heterocycles. The van der Waals surface area contributed by atoms with Gasteiger partial charge in [-0.15, -0.1) is 5.10 Å². The van der Waals surface area contributed by atoms with E-state index in [1.165, 1.54) is 6.07 Å². The number of nitrogens with zero attached hydrogens (tertiary/aromatic N) is 5. The van der Waals surface area contributed by atoms with Gasteiger partial charge in [0.05, 0.1) is 6.61 Å². The number of aromatic nitrogens is 5. The van der Waals surface area contributed by atoms with Crippen molar-refractivity contribution in [2.24, 2.45) is 0 Å². The minimum absolute atomic E-state index is 0.00419. The van der Waals surface area contributed by atoms with Gasteiger partial charge in [0.25, 0.3) is 5.56 Å². The molecule has 0 aliphatic heterocycles. The minimum atomic E-state index is -0.874. The van der Waals surface area contributed by atoms with E-state index in [-0.39, 0.29) is 23.5 Å². The number of carbonyl (C=O) groups is 1. The molecule has 136 valence electrons. The van der Waals surface area contributed by atoms with E-state index in [0.717, 1.165) is 21.6 Å². The monoisotopic (exact) mass is 363 g/mol. The van der Waals surface area contributed by atoms with Crippen LogP contribution in [0.1, 0.15) is 26.3 Å². The first-order valence-electron chi connectivity index (χ1n) is 7.92. The SMILES string of the molecule is CCOC(=O)[C@@H](CC)n1cnc2c(nnn2-c2ccc(F)cc2F)c1=O. The normalized spacial score (nSPS) is 12.3. The van der Waals surface area contributed by atoms with Crippen LogP contribution in [0, 0.1) is 11.6 Å². The number of fused-ring (bicyclic) bond motifs is 1. The van der Waals surface area contributed by atoms with Crippen molar-refractivity contribution >= 4 is 17.1 Å². The lowest BCUT2D eigenvalue weighted by Crippen LogP contribution is -2.31. The van der Waals surface area contributed by atoms with Gasteiger partial charge in [0, 0.05) is 6.07 Å². The third kappa shape index (κ3) is 2.93. The van der Waals surface area contributed by atoms with Gasteiger partial charge in [-0.2, -0.15) is 4.68 Å². The van der Waals surface area contributed by atoms with Crippen molar-refractivity contribution in [1.82, 2.24) is 24.5 Å². The molecule has 0 fully saturated rings. The fourth-order valence-corrected chi connectivity index (χ4v) is 2.58. The molecule has 0 amide bonds. The third-order valence-corrected chi connectivity index (χ3v) is 3.81. The van der Waals surface area contributed by atoms with Gasteiger partial charge in [-0.05, 0) is 25.5 Å². The van der Waals surface area contributed by atoms with Crippen molar-refractivity contribution in [3.63, 3.8) is 0 Å². The van der Waals surface area contributed by atoms with Crippen LogP contribution < -0.4 is 5.56 Å². The van der Waals surface area contributed by atoms with Gasteiger partial charge in [-0.1, -0.05) is 12.1 Å². The zero-order valence-electron chi connectivity index (χ0n) is 14.0. The summed E-state index contributed by atoms with van der Waals surface area (Å²) in [6.45, 7) is 3.57. The molecule has 0 N–H and O–H groups in total. The van der Waals surface area contributed by atoms with Crippen molar-refractivity contribution in [3.05, 3.63) is 46.5 Å². The first kappa shape index (κ1) is 17.6. The quantitative estimate of drug-likeness (QED) is 0.642. The first-order chi connectivity index (χ1) is 12.5. The summed E-state index contributed by atoms with van der Waals surface area (Å²) >= 11 is 0. The van der Waals surface area contributed by atoms with Gasteiger partial charge in [-0.25, -0.2) is 18.6 Å². The molecule has 10 heteroatoms. The Morgan fingerprint density at radius 1 is 1.31 bits per heavy atom. The van der Waals surface area contributed by atoms with Crippen LogP contribution in [0.4, 0.5) is 8.78 Å². The van der Waals surface area contributed by atoms with Crippen LogP contribution in [0.5, 0.6) is 0 Å². The fourth-order valence-electron chi connectivity index (χ4n) is 2.58. The Bertz CT molecular complexity index is 1030. The summed E-state index contributed by atoms with van der Waals surface area (Å²) in [6, 6.07) is 2.06. The molecule has 0 aliphatic rings. The molecule has 3 rings (SSSR count). The van der Waals surface area contributed by atoms with Crippen LogP contribution in [0.2, 0.25) is 0 Å². The molecular formula is C16H15F2N5O3. The first-order valence-corrected chi connectivity index (χ1v) is 7.92. The number of benzene rings is 1. The molecule has 1 atom stereocenters. The van der Waals surface area contributed by atoms with Crippen molar-refractivity contribution in [1.29, 1.82) is 0 Å². The van der Waals surface area contributed by atoms with E-state index in [2.05, 4.69) is 15.3 Å². The molecule has 0 unspecified atom stereocenters. The molecule has 0 aliphatic carbocycles. The average molecular weight is 363 g/mol. The van der Waals surface area contributed by atoms with E-state index < -0.39 is 29.2 Å². The second kappa shape index (κ2) is 6.98. The van der Waals surface area contributed by atoms with E-state index in [1.807, 2.05) is 0 Å². The minimum Gasteiger partial charge on any atom is -0.464 e. The lowest BCUT2D eigenvalue weighted by molar-refractivity contribution is -0.147. The van der Waals surface area contributed by atoms with Gasteiger partial charge in [0.15, 0.2) is 17.0 Å². The average Bonchev–Trinajstić information content (AvgIpc) is 3.02. The Balaban J connectivity index is 2.12. The van der Waals surface area contributed by atoms with Crippen molar-refractivity contribution < 1.29 is 18.3 Å². The highest BCUT2D eigenvalue weighted by molar-refractivity contribution is 5.75. The summed E-state index contributed by atoms with van der Waals surface area (Å²) < 4.78 is 34.2. The van der Waals surface area contributed by atoms with Crippen LogP contribution >= 0.6 is 0 Å². The highest BCUT2D eigenvalue weighted by Gasteiger charge is 2.24. The van der Waals surface area contributed by atoms with Gasteiger partial charge in [0.2, 0.25) is 0 Å². The molecule has 1 aromatic carbocycles. The second-order valence-electron chi connectivity index (χ2n) is 5.40. The highest BCUT2D eigenvalue weighted by atomic mass is 19.1. The fraction of sp³-hybridized carbons (Fsp3) is 0.312. The molecule has 0 spiro atoms. The summed E-state index contributed by atoms with van der Waals surface area (Å²) in [6.07, 6.45) is 1.48. The molecule has 3 aromatic rings. The Morgan fingerprint density at radius 3 is 2.73 bits per heavy atom. The Morgan fingerprint density at radius 2 is 2.08 bits per heavy atom. The predicted octanol–water partition coefficient (Wildman–Crippen LogP) is 1.77. The maximum Gasteiger partial charge on any atom is 0.329 e. The molecule has 0 radical (unpaired) electrons. The predicted molar refractivity (Wildman–Crippen MR) is 86.8 cm³/mol. The zero-order valence-corrected chi connectivity index (χ0v) is 14.0. The van der Waals surface area contributed by atoms with E-state index >= 15 is 0 Å². The summed E-state index contributed by atoms with van der Waals surface area (Å²) in [7, 11) is 0. The summed E-state index contributed by atoms with van der Waals surface area (Å²) in [5.74, 6) is -2.18. The maximum atomic E-state index is 14.0. The number of halogens is 2. The number of ether oxygens (including phenoxy) is 1. The Kier molecular flexibility index (Phi) is 4.74. The highest BCUT2D eigenvalue weighted by Crippen LogP contribution is 2.18. The molecular weight excluding hydrogens is 348 g/mol. The Hall–Kier alpha value is -3.17. The molecule has 0 saturated carbocycles. The standard InChI is InChI=1S/C16H15F2N5O3/c1-3-11(16(25)26-4-2)22-8-19-14-13(15(22)24)20-21-23(14)12-6-5-9(17)7-10(12)18/h5-8,11H,3-4H2,1-2H3/t11-/m1/s1. The number of esters is 1. The van der Waals surface area contributed by atoms with Gasteiger partial charge < -0.3 is 4.74 Å². The molecule has 2 aromatic heterocycles. The second-order valence-corrected chi connectivity index (χ2v) is 5.40. The third-order valence-electron chi connectivity index (χ3n) is 3.81. The number of hydrogen-bond acceptors (Lipinski definition) is 6. The van der Waals surface area contributed by atoms with E-state index in [0.29, 0.717) is 12.5 Å². The van der Waals surface area contributed by atoms with Crippen LogP contribution in [0.3, 0.4) is 0 Å². The summed E-state index contributed by atoms with van der Waals surface area (Å²) in [4.78, 5) is 28.8. The molecule has 8 nitrogen and oxygen atoms in total. The van der Waals surface area contributed by atoms with Gasteiger partial charge >= 0.3 is 5.97 Å². The largest absolute Gasteiger partial charge is 0.464 e. The number of carbonyl (C=O) groups excluding carboxylic acids is 1. The van der Waals surface area contributed by atoms with Crippen LogP contribution in [-0.2, 0) is 9.53 Å². The lowest BCUT2D eigenvalue weighted by atomic mass is 10.2. The molecule has 0 bridgehead atoms. The summed E-state index contributed by atoms with van der Waals surface area (Å²) in [5, 5.41) is 7.48. The number of rotatable bonds is 5. The lowest BCUT2D eigenvalue weighted by Gasteiger charge is -2.15. The summed E-state index contributed by atoms with van der Waals surface area (Å²) in [5.41, 5.74) is -0.853. The van der Waals surface area contributed by atoms with E-state index in [4.69, 9.17) is 4.74 Å². The van der Waals surface area contributed by atoms with Crippen LogP contribution in [0.15, 0.2) is 29.3 Å². The number of hydrogen-bond donors (Lipinski definition) is 0. The zero-order chi connectivity index (χ0) is 18.8. The van der Waals surface area contributed by atoms with Crippen LogP contribution in [-0.4, -0.2) is 37.1 Å². The van der Waals surface area contributed by atoms with Crippen molar-refractivity contribution in [2.45, 2.75) is 26.3 Å². The van der Waals surface area contributed by atoms with Gasteiger partial charge in [-0.3, -0.25) is 9.36 Å². The van der Waals surface area contributed by atoms with E-state index in [1.54, 1.807) is 13.8 Å². The topological polar surface area (TPSA) is 91.9 Å². The van der Waals surface area contributed by atoms with Crippen molar-refractivity contribution in [2.75, 3.05) is 6.61 Å². The smallest absolute Gasteiger partial charge is 0.329 e. The van der Waals surface area contributed by atoms with E-state index in [9.17, 15) is 18.4 Å². The molecule has 26 heavy (non-hydrogen) atoms. The van der Waals surface area contributed by atoms with Gasteiger partial charge in [0.1, 0.15) is 23.9 Å². The van der Waals surface area contributed by atoms with Crippen LogP contribution in [0.25, 0.3) is 16.9 Å². The molecule has 2 heterocycles. The maximum absolute atomic E-state index is 14.0. The Labute approximate surface area is 146 Å².